The van der Waals surface area contributed by atoms with Gasteiger partial charge in [0, 0.05) is 12.1 Å². The Labute approximate surface area is 156 Å². The smallest absolute Gasteiger partial charge is 0.251 e. The maximum atomic E-state index is 12.5. The van der Waals surface area contributed by atoms with Crippen molar-refractivity contribution in [3.05, 3.63) is 48.0 Å². The molecule has 3 heteroatoms. The van der Waals surface area contributed by atoms with Crippen molar-refractivity contribution >= 4 is 16.7 Å². The minimum Gasteiger partial charge on any atom is -0.388 e. The standard InChI is InChI=1S/C23H31NO2/c1-16(2)17-10-12-21(13-11-17)23(3,26)15-24-22(25)20-9-8-18-6-4-5-7-19(18)14-20/h4-9,14,16-17,21,26H,10-13,15H2,1-3H3,(H,24,25). The average Bonchev–Trinajstić information content (AvgIpc) is 2.66. The Hall–Kier alpha value is -1.87. The zero-order valence-electron chi connectivity index (χ0n) is 16.2. The lowest BCUT2D eigenvalue weighted by Crippen LogP contribution is -2.47. The number of carbonyl (C=O) groups excluding carboxylic acids is 1. The van der Waals surface area contributed by atoms with Crippen LogP contribution in [0.3, 0.4) is 0 Å². The third kappa shape index (κ3) is 4.27. The predicted molar refractivity (Wildman–Crippen MR) is 107 cm³/mol. The first-order valence-electron chi connectivity index (χ1n) is 9.86. The largest absolute Gasteiger partial charge is 0.388 e. The Kier molecular flexibility index (Phi) is 5.67. The van der Waals surface area contributed by atoms with E-state index in [2.05, 4.69) is 19.2 Å². The van der Waals surface area contributed by atoms with Crippen LogP contribution in [0.5, 0.6) is 0 Å². The number of benzene rings is 2. The molecule has 1 atom stereocenters. The minimum atomic E-state index is -0.853. The average molecular weight is 354 g/mol. The van der Waals surface area contributed by atoms with Gasteiger partial charge in [-0.2, -0.15) is 0 Å². The van der Waals surface area contributed by atoms with Gasteiger partial charge in [-0.3, -0.25) is 4.79 Å². The second-order valence-electron chi connectivity index (χ2n) is 8.46. The highest BCUT2D eigenvalue weighted by atomic mass is 16.3. The molecule has 1 aliphatic rings. The SMILES string of the molecule is CC(C)C1CCC(C(C)(O)CNC(=O)c2ccc3ccccc3c2)CC1. The molecule has 2 aromatic carbocycles. The van der Waals surface area contributed by atoms with Gasteiger partial charge in [0.1, 0.15) is 0 Å². The molecular formula is C23H31NO2. The van der Waals surface area contributed by atoms with E-state index in [9.17, 15) is 9.90 Å². The number of rotatable bonds is 5. The highest BCUT2D eigenvalue weighted by molar-refractivity contribution is 5.98. The van der Waals surface area contributed by atoms with Crippen molar-refractivity contribution in [1.29, 1.82) is 0 Å². The quantitative estimate of drug-likeness (QED) is 0.812. The van der Waals surface area contributed by atoms with Crippen LogP contribution >= 0.6 is 0 Å². The van der Waals surface area contributed by atoms with Crippen molar-refractivity contribution in [2.24, 2.45) is 17.8 Å². The predicted octanol–water partition coefficient (Wildman–Crippen LogP) is 4.78. The summed E-state index contributed by atoms with van der Waals surface area (Å²) in [5, 5.41) is 16.0. The highest BCUT2D eigenvalue weighted by Gasteiger charge is 2.35. The van der Waals surface area contributed by atoms with E-state index in [0.717, 1.165) is 29.5 Å². The fourth-order valence-electron chi connectivity index (χ4n) is 4.24. The third-order valence-corrected chi connectivity index (χ3v) is 6.21. The first kappa shape index (κ1) is 18.9. The molecule has 0 saturated heterocycles. The fourth-order valence-corrected chi connectivity index (χ4v) is 4.24. The number of aliphatic hydroxyl groups is 1. The Bertz CT molecular complexity index is 758. The van der Waals surface area contributed by atoms with Gasteiger partial charge in [0.15, 0.2) is 0 Å². The molecule has 3 rings (SSSR count). The van der Waals surface area contributed by atoms with Crippen LogP contribution in [0, 0.1) is 17.8 Å². The van der Waals surface area contributed by atoms with Crippen molar-refractivity contribution in [1.82, 2.24) is 5.32 Å². The summed E-state index contributed by atoms with van der Waals surface area (Å²) < 4.78 is 0. The van der Waals surface area contributed by atoms with E-state index < -0.39 is 5.60 Å². The van der Waals surface area contributed by atoms with Crippen LogP contribution in [0.15, 0.2) is 42.5 Å². The van der Waals surface area contributed by atoms with Gasteiger partial charge in [-0.25, -0.2) is 0 Å². The number of carbonyl (C=O) groups is 1. The summed E-state index contributed by atoms with van der Waals surface area (Å²) in [4.78, 5) is 12.5. The Morgan fingerprint density at radius 1 is 1.12 bits per heavy atom. The summed E-state index contributed by atoms with van der Waals surface area (Å²) in [6.07, 6.45) is 4.44. The monoisotopic (exact) mass is 353 g/mol. The van der Waals surface area contributed by atoms with Gasteiger partial charge in [0.2, 0.25) is 0 Å². The van der Waals surface area contributed by atoms with E-state index in [1.54, 1.807) is 0 Å². The number of hydrogen-bond acceptors (Lipinski definition) is 2. The molecule has 3 nitrogen and oxygen atoms in total. The topological polar surface area (TPSA) is 49.3 Å². The summed E-state index contributed by atoms with van der Waals surface area (Å²) in [5.74, 6) is 1.63. The maximum Gasteiger partial charge on any atom is 0.251 e. The van der Waals surface area contributed by atoms with E-state index in [1.807, 2.05) is 49.4 Å². The lowest BCUT2D eigenvalue weighted by Gasteiger charge is -2.39. The normalized spacial score (nSPS) is 23.0. The van der Waals surface area contributed by atoms with Gasteiger partial charge in [-0.05, 0) is 73.3 Å². The molecule has 0 bridgehead atoms. The molecule has 0 spiro atoms. The Morgan fingerprint density at radius 3 is 2.42 bits per heavy atom. The lowest BCUT2D eigenvalue weighted by molar-refractivity contribution is -0.0228. The van der Waals surface area contributed by atoms with E-state index in [0.29, 0.717) is 18.0 Å². The molecule has 1 saturated carbocycles. The molecule has 0 radical (unpaired) electrons. The van der Waals surface area contributed by atoms with E-state index in [-0.39, 0.29) is 11.8 Å². The van der Waals surface area contributed by atoms with Gasteiger partial charge >= 0.3 is 0 Å². The zero-order valence-corrected chi connectivity index (χ0v) is 16.2. The van der Waals surface area contributed by atoms with Crippen molar-refractivity contribution < 1.29 is 9.90 Å². The van der Waals surface area contributed by atoms with Crippen LogP contribution < -0.4 is 5.32 Å². The molecule has 2 aromatic rings. The third-order valence-electron chi connectivity index (χ3n) is 6.21. The minimum absolute atomic E-state index is 0.119. The highest BCUT2D eigenvalue weighted by Crippen LogP contribution is 2.38. The first-order valence-corrected chi connectivity index (χ1v) is 9.86. The van der Waals surface area contributed by atoms with Crippen molar-refractivity contribution in [2.45, 2.75) is 52.1 Å². The Morgan fingerprint density at radius 2 is 1.77 bits per heavy atom. The summed E-state index contributed by atoms with van der Waals surface area (Å²) in [6.45, 7) is 6.74. The molecule has 0 aliphatic heterocycles. The Balaban J connectivity index is 1.59. The van der Waals surface area contributed by atoms with Crippen molar-refractivity contribution in [3.63, 3.8) is 0 Å². The summed E-state index contributed by atoms with van der Waals surface area (Å²) in [6, 6.07) is 13.7. The van der Waals surface area contributed by atoms with Crippen molar-refractivity contribution in [2.75, 3.05) is 6.54 Å². The van der Waals surface area contributed by atoms with Crippen LogP contribution in [0.25, 0.3) is 10.8 Å². The summed E-state index contributed by atoms with van der Waals surface area (Å²) >= 11 is 0. The van der Waals surface area contributed by atoms with Crippen LogP contribution in [0.2, 0.25) is 0 Å². The molecular weight excluding hydrogens is 322 g/mol. The molecule has 1 amide bonds. The maximum absolute atomic E-state index is 12.5. The molecule has 140 valence electrons. The molecule has 1 aliphatic carbocycles. The van der Waals surface area contributed by atoms with E-state index in [1.165, 1.54) is 12.8 Å². The van der Waals surface area contributed by atoms with Crippen LogP contribution in [-0.2, 0) is 0 Å². The van der Waals surface area contributed by atoms with E-state index in [4.69, 9.17) is 0 Å². The van der Waals surface area contributed by atoms with Gasteiger partial charge < -0.3 is 10.4 Å². The second kappa shape index (κ2) is 7.79. The van der Waals surface area contributed by atoms with Crippen LogP contribution in [-0.4, -0.2) is 23.2 Å². The number of amides is 1. The molecule has 1 fully saturated rings. The molecule has 2 N–H and O–H groups in total. The first-order chi connectivity index (χ1) is 12.4. The number of nitrogens with one attached hydrogen (secondary N) is 1. The number of hydrogen-bond donors (Lipinski definition) is 2. The molecule has 0 aromatic heterocycles. The van der Waals surface area contributed by atoms with Gasteiger partial charge in [0.05, 0.1) is 5.60 Å². The van der Waals surface area contributed by atoms with E-state index >= 15 is 0 Å². The molecule has 26 heavy (non-hydrogen) atoms. The zero-order chi connectivity index (χ0) is 18.7. The van der Waals surface area contributed by atoms with Crippen molar-refractivity contribution in [3.8, 4) is 0 Å². The van der Waals surface area contributed by atoms with Gasteiger partial charge in [-0.15, -0.1) is 0 Å². The fraction of sp³-hybridized carbons (Fsp3) is 0.522. The van der Waals surface area contributed by atoms with Crippen LogP contribution in [0.1, 0.15) is 56.8 Å². The lowest BCUT2D eigenvalue weighted by atomic mass is 9.71. The summed E-state index contributed by atoms with van der Waals surface area (Å²) in [7, 11) is 0. The van der Waals surface area contributed by atoms with Gasteiger partial charge in [-0.1, -0.05) is 44.2 Å². The number of fused-ring (bicyclic) bond motifs is 1. The molecule has 0 heterocycles. The van der Waals surface area contributed by atoms with Crippen LogP contribution in [0.4, 0.5) is 0 Å². The summed E-state index contributed by atoms with van der Waals surface area (Å²) in [5.41, 5.74) is -0.211. The molecule has 1 unspecified atom stereocenters. The van der Waals surface area contributed by atoms with Gasteiger partial charge in [0.25, 0.3) is 5.91 Å². The second-order valence-corrected chi connectivity index (χ2v) is 8.46.